The topological polar surface area (TPSA) is 85.8 Å². The van der Waals surface area contributed by atoms with Crippen LogP contribution in [0.25, 0.3) is 16.8 Å². The quantitative estimate of drug-likeness (QED) is 0.466. The van der Waals surface area contributed by atoms with Gasteiger partial charge in [0.05, 0.1) is 25.2 Å². The summed E-state index contributed by atoms with van der Waals surface area (Å²) < 4.78 is 51.9. The van der Waals surface area contributed by atoms with Crippen LogP contribution in [0.2, 0.25) is 0 Å². The van der Waals surface area contributed by atoms with Crippen molar-refractivity contribution in [2.75, 3.05) is 7.11 Å². The van der Waals surface area contributed by atoms with Crippen molar-refractivity contribution in [3.63, 3.8) is 0 Å². The van der Waals surface area contributed by atoms with E-state index in [1.165, 1.54) is 38.1 Å². The number of alkyl halides is 3. The van der Waals surface area contributed by atoms with Crippen LogP contribution in [-0.4, -0.2) is 28.4 Å². The van der Waals surface area contributed by atoms with Gasteiger partial charge in [-0.05, 0) is 17.7 Å². The number of hydrogen-bond acceptors (Lipinski definition) is 5. The van der Waals surface area contributed by atoms with E-state index in [1.54, 1.807) is 30.3 Å². The lowest BCUT2D eigenvalue weighted by Crippen LogP contribution is -2.34. The van der Waals surface area contributed by atoms with Gasteiger partial charge in [-0.15, -0.1) is 0 Å². The van der Waals surface area contributed by atoms with Crippen LogP contribution in [0, 0.1) is 0 Å². The molecule has 0 spiro atoms. The minimum atomic E-state index is -4.71. The van der Waals surface area contributed by atoms with Gasteiger partial charge >= 0.3 is 12.1 Å². The minimum Gasteiger partial charge on any atom is -0.472 e. The fourth-order valence-corrected chi connectivity index (χ4v) is 3.25. The Kier molecular flexibility index (Phi) is 5.43. The molecule has 32 heavy (non-hydrogen) atoms. The number of hydrogen-bond donors (Lipinski definition) is 1. The Labute approximate surface area is 179 Å². The van der Waals surface area contributed by atoms with Gasteiger partial charge in [-0.2, -0.15) is 13.2 Å². The number of amides is 1. The van der Waals surface area contributed by atoms with Crippen molar-refractivity contribution < 1.29 is 31.9 Å². The fraction of sp³-hybridized carbons (Fsp3) is 0.136. The Morgan fingerprint density at radius 2 is 1.88 bits per heavy atom. The average molecular weight is 443 g/mol. The van der Waals surface area contributed by atoms with Gasteiger partial charge in [-0.3, -0.25) is 4.79 Å². The van der Waals surface area contributed by atoms with Crippen LogP contribution in [0.1, 0.15) is 27.7 Å². The molecule has 1 N–H and O–H groups in total. The first-order valence-electron chi connectivity index (χ1n) is 9.34. The first-order chi connectivity index (χ1) is 15.3. The molecule has 0 aliphatic rings. The molecular weight excluding hydrogens is 427 g/mol. The van der Waals surface area contributed by atoms with Crippen LogP contribution in [0.4, 0.5) is 13.2 Å². The Hall–Kier alpha value is -4.08. The molecule has 3 aromatic heterocycles. The monoisotopic (exact) mass is 443 g/mol. The molecule has 1 amide bonds. The number of carbonyl (C=O) groups is 2. The number of ether oxygens (including phenoxy) is 1. The predicted molar refractivity (Wildman–Crippen MR) is 107 cm³/mol. The molecule has 1 unspecified atom stereocenters. The van der Waals surface area contributed by atoms with Crippen molar-refractivity contribution >= 4 is 17.5 Å². The lowest BCUT2D eigenvalue weighted by molar-refractivity contribution is -0.143. The lowest BCUT2D eigenvalue weighted by atomic mass is 10.1. The molecular formula is C22H16F3N3O4. The zero-order chi connectivity index (χ0) is 22.9. The van der Waals surface area contributed by atoms with Gasteiger partial charge < -0.3 is 18.9 Å². The van der Waals surface area contributed by atoms with Crippen LogP contribution >= 0.6 is 0 Å². The maximum Gasteiger partial charge on any atom is 0.420 e. The number of pyridine rings is 1. The highest BCUT2D eigenvalue weighted by Gasteiger charge is 2.35. The third-order valence-corrected chi connectivity index (χ3v) is 4.79. The van der Waals surface area contributed by atoms with Crippen LogP contribution in [0.3, 0.4) is 0 Å². The molecule has 1 aromatic carbocycles. The molecule has 0 aliphatic carbocycles. The average Bonchev–Trinajstić information content (AvgIpc) is 3.46. The van der Waals surface area contributed by atoms with Crippen molar-refractivity contribution in [3.05, 3.63) is 84.2 Å². The van der Waals surface area contributed by atoms with Gasteiger partial charge in [0, 0.05) is 23.5 Å². The fourth-order valence-electron chi connectivity index (χ4n) is 3.25. The first-order valence-corrected chi connectivity index (χ1v) is 9.34. The van der Waals surface area contributed by atoms with Crippen LogP contribution in [0.15, 0.2) is 71.8 Å². The molecule has 0 aliphatic heterocycles. The highest BCUT2D eigenvalue weighted by atomic mass is 19.4. The van der Waals surface area contributed by atoms with E-state index in [-0.39, 0.29) is 11.3 Å². The first kappa shape index (κ1) is 21.2. The molecule has 3 heterocycles. The van der Waals surface area contributed by atoms with Crippen molar-refractivity contribution in [2.45, 2.75) is 12.2 Å². The smallest absolute Gasteiger partial charge is 0.420 e. The van der Waals surface area contributed by atoms with Crippen LogP contribution in [0.5, 0.6) is 0 Å². The summed E-state index contributed by atoms with van der Waals surface area (Å²) in [5.41, 5.74) is -0.613. The van der Waals surface area contributed by atoms with Crippen molar-refractivity contribution in [1.29, 1.82) is 0 Å². The second kappa shape index (κ2) is 8.22. The summed E-state index contributed by atoms with van der Waals surface area (Å²) in [6, 6.07) is 9.63. The van der Waals surface area contributed by atoms with E-state index in [0.717, 1.165) is 10.5 Å². The second-order valence-corrected chi connectivity index (χ2v) is 6.85. The Morgan fingerprint density at radius 1 is 1.12 bits per heavy atom. The number of carbonyl (C=O) groups excluding carboxylic acids is 2. The van der Waals surface area contributed by atoms with Crippen LogP contribution in [-0.2, 0) is 15.7 Å². The summed E-state index contributed by atoms with van der Waals surface area (Å²) in [5, 5.41) is 2.48. The van der Waals surface area contributed by atoms with Gasteiger partial charge in [-0.25, -0.2) is 9.78 Å². The van der Waals surface area contributed by atoms with E-state index in [4.69, 9.17) is 9.15 Å². The molecule has 4 rings (SSSR count). The number of nitrogens with zero attached hydrogens (tertiary/aromatic N) is 2. The van der Waals surface area contributed by atoms with Crippen molar-refractivity contribution in [3.8, 4) is 11.1 Å². The molecule has 0 radical (unpaired) electrons. The van der Waals surface area contributed by atoms with Gasteiger partial charge in [0.1, 0.15) is 11.3 Å². The van der Waals surface area contributed by atoms with E-state index in [0.29, 0.717) is 11.1 Å². The van der Waals surface area contributed by atoms with Gasteiger partial charge in [0.15, 0.2) is 6.04 Å². The number of methoxy groups -OCH3 is 1. The molecule has 0 bridgehead atoms. The molecule has 7 nitrogen and oxygen atoms in total. The summed E-state index contributed by atoms with van der Waals surface area (Å²) in [5.74, 6) is -1.56. The number of rotatable bonds is 5. The number of aromatic nitrogens is 2. The molecule has 1 atom stereocenters. The van der Waals surface area contributed by atoms with Gasteiger partial charge in [0.25, 0.3) is 5.91 Å². The molecule has 0 saturated heterocycles. The van der Waals surface area contributed by atoms with Crippen molar-refractivity contribution in [1.82, 2.24) is 14.7 Å². The largest absolute Gasteiger partial charge is 0.472 e. The Morgan fingerprint density at radius 3 is 2.50 bits per heavy atom. The summed E-state index contributed by atoms with van der Waals surface area (Å²) in [6.45, 7) is 0. The zero-order valence-corrected chi connectivity index (χ0v) is 16.6. The third kappa shape index (κ3) is 4.07. The van der Waals surface area contributed by atoms with Gasteiger partial charge in [-0.1, -0.05) is 30.3 Å². The van der Waals surface area contributed by atoms with E-state index < -0.39 is 35.3 Å². The molecule has 164 valence electrons. The highest BCUT2D eigenvalue weighted by Crippen LogP contribution is 2.35. The number of imidazole rings is 1. The van der Waals surface area contributed by atoms with E-state index >= 15 is 0 Å². The summed E-state index contributed by atoms with van der Waals surface area (Å²) >= 11 is 0. The third-order valence-electron chi connectivity index (χ3n) is 4.79. The Balaban J connectivity index is 1.74. The highest BCUT2D eigenvalue weighted by molar-refractivity contribution is 5.96. The summed E-state index contributed by atoms with van der Waals surface area (Å²) in [4.78, 5) is 28.9. The number of halogens is 3. The predicted octanol–water partition coefficient (Wildman–Crippen LogP) is 4.26. The van der Waals surface area contributed by atoms with Gasteiger partial charge in [0.2, 0.25) is 0 Å². The normalized spacial score (nSPS) is 12.5. The second-order valence-electron chi connectivity index (χ2n) is 6.85. The summed E-state index contributed by atoms with van der Waals surface area (Å²) in [6.07, 6.45) is 0.526. The number of esters is 1. The SMILES string of the molecule is COC(=O)C(NC(=O)c1cn2cc(-c3ccoc3)cc(C(F)(F)F)c2n1)c1ccccc1. The van der Waals surface area contributed by atoms with Crippen LogP contribution < -0.4 is 5.32 Å². The maximum atomic E-state index is 13.7. The number of nitrogens with one attached hydrogen (secondary N) is 1. The van der Waals surface area contributed by atoms with E-state index in [1.807, 2.05) is 0 Å². The molecule has 0 fully saturated rings. The summed E-state index contributed by atoms with van der Waals surface area (Å²) in [7, 11) is 1.17. The number of fused-ring (bicyclic) bond motifs is 1. The zero-order valence-electron chi connectivity index (χ0n) is 16.6. The standard InChI is InChI=1S/C22H16F3N3O4/c1-31-21(30)18(13-5-3-2-4-6-13)27-20(29)17-11-28-10-15(14-7-8-32-12-14)9-16(19(28)26-17)22(23,24)25/h2-12,18H,1H3,(H,27,29). The minimum absolute atomic E-state index is 0.236. The van der Waals surface area contributed by atoms with E-state index in [2.05, 4.69) is 10.3 Å². The lowest BCUT2D eigenvalue weighted by Gasteiger charge is -2.16. The van der Waals surface area contributed by atoms with Crippen molar-refractivity contribution in [2.24, 2.45) is 0 Å². The Bertz CT molecular complexity index is 1270. The number of furan rings is 1. The molecule has 10 heteroatoms. The molecule has 4 aromatic rings. The number of benzene rings is 1. The molecule has 0 saturated carbocycles. The van der Waals surface area contributed by atoms with E-state index in [9.17, 15) is 22.8 Å². The maximum absolute atomic E-state index is 13.7.